The third kappa shape index (κ3) is 3.88. The monoisotopic (exact) mass is 288 g/mol. The molecule has 1 aromatic heterocycles. The van der Waals surface area contributed by atoms with Gasteiger partial charge in [-0.15, -0.1) is 0 Å². The van der Waals surface area contributed by atoms with Crippen LogP contribution in [0, 0.1) is 5.92 Å². The number of aliphatic hydroxyl groups is 1. The van der Waals surface area contributed by atoms with Crippen molar-refractivity contribution < 1.29 is 9.90 Å². The Hall–Kier alpha value is -2.21. The quantitative estimate of drug-likeness (QED) is 0.867. The Labute approximate surface area is 123 Å². The van der Waals surface area contributed by atoms with Crippen molar-refractivity contribution in [3.8, 4) is 11.4 Å². The van der Waals surface area contributed by atoms with Gasteiger partial charge in [0.2, 0.25) is 0 Å². The number of carbonyl (C=O) groups excluding carboxylic acids is 1. The van der Waals surface area contributed by atoms with Crippen molar-refractivity contribution in [1.82, 2.24) is 20.1 Å². The Bertz CT molecular complexity index is 604. The van der Waals surface area contributed by atoms with E-state index in [9.17, 15) is 9.90 Å². The van der Waals surface area contributed by atoms with E-state index < -0.39 is 6.10 Å². The fraction of sp³-hybridized carbons (Fsp3) is 0.400. The standard InChI is InChI=1S/C15H20N4O2/c1-10(2)13(20)8-16-15(21)12-6-4-11(5-7-12)14-17-9-19(3)18-14/h4-7,9-10,13,20H,8H2,1-3H3,(H,16,21). The van der Waals surface area contributed by atoms with E-state index in [0.29, 0.717) is 11.4 Å². The third-order valence-electron chi connectivity index (χ3n) is 3.25. The Kier molecular flexibility index (Phi) is 4.70. The predicted molar refractivity (Wildman–Crippen MR) is 79.6 cm³/mol. The molecule has 21 heavy (non-hydrogen) atoms. The summed E-state index contributed by atoms with van der Waals surface area (Å²) in [5.74, 6) is 0.540. The van der Waals surface area contributed by atoms with Crippen molar-refractivity contribution in [2.24, 2.45) is 13.0 Å². The summed E-state index contributed by atoms with van der Waals surface area (Å²) >= 11 is 0. The number of benzene rings is 1. The number of aryl methyl sites for hydroxylation is 1. The van der Waals surface area contributed by atoms with Crippen molar-refractivity contribution in [1.29, 1.82) is 0 Å². The number of rotatable bonds is 5. The first-order valence-electron chi connectivity index (χ1n) is 6.89. The Balaban J connectivity index is 2.00. The molecule has 0 aliphatic rings. The molecule has 6 heteroatoms. The number of amides is 1. The molecule has 0 spiro atoms. The number of hydrogen-bond donors (Lipinski definition) is 2. The molecule has 2 rings (SSSR count). The zero-order valence-electron chi connectivity index (χ0n) is 12.4. The van der Waals surface area contributed by atoms with Gasteiger partial charge in [-0.3, -0.25) is 9.48 Å². The summed E-state index contributed by atoms with van der Waals surface area (Å²) in [6.07, 6.45) is 1.09. The van der Waals surface area contributed by atoms with Crippen LogP contribution in [0.15, 0.2) is 30.6 Å². The van der Waals surface area contributed by atoms with Gasteiger partial charge in [-0.25, -0.2) is 4.98 Å². The Morgan fingerprint density at radius 3 is 2.52 bits per heavy atom. The third-order valence-corrected chi connectivity index (χ3v) is 3.25. The van der Waals surface area contributed by atoms with E-state index in [1.54, 1.807) is 30.2 Å². The second-order valence-corrected chi connectivity index (χ2v) is 5.34. The maximum absolute atomic E-state index is 12.0. The highest BCUT2D eigenvalue weighted by Gasteiger charge is 2.12. The van der Waals surface area contributed by atoms with Crippen LogP contribution in [0.1, 0.15) is 24.2 Å². The van der Waals surface area contributed by atoms with Crippen LogP contribution in [0.4, 0.5) is 0 Å². The van der Waals surface area contributed by atoms with Crippen molar-refractivity contribution in [3.63, 3.8) is 0 Å². The topological polar surface area (TPSA) is 80.0 Å². The van der Waals surface area contributed by atoms with Gasteiger partial charge in [-0.05, 0) is 18.1 Å². The average molecular weight is 288 g/mol. The molecule has 1 atom stereocenters. The van der Waals surface area contributed by atoms with Gasteiger partial charge in [0, 0.05) is 24.7 Å². The maximum Gasteiger partial charge on any atom is 0.251 e. The molecular formula is C15H20N4O2. The van der Waals surface area contributed by atoms with Gasteiger partial charge in [-0.1, -0.05) is 26.0 Å². The summed E-state index contributed by atoms with van der Waals surface area (Å²) in [5, 5.41) is 16.6. The number of aliphatic hydroxyl groups excluding tert-OH is 1. The van der Waals surface area contributed by atoms with Crippen molar-refractivity contribution >= 4 is 5.91 Å². The summed E-state index contributed by atoms with van der Waals surface area (Å²) in [7, 11) is 1.80. The lowest BCUT2D eigenvalue weighted by Gasteiger charge is -2.15. The van der Waals surface area contributed by atoms with E-state index in [2.05, 4.69) is 15.4 Å². The second-order valence-electron chi connectivity index (χ2n) is 5.34. The lowest BCUT2D eigenvalue weighted by molar-refractivity contribution is 0.0871. The molecule has 0 saturated carbocycles. The van der Waals surface area contributed by atoms with Gasteiger partial charge in [0.25, 0.3) is 5.91 Å². The molecule has 0 fully saturated rings. The van der Waals surface area contributed by atoms with Gasteiger partial charge in [0.05, 0.1) is 6.10 Å². The van der Waals surface area contributed by atoms with Crippen LogP contribution in [-0.4, -0.2) is 38.4 Å². The van der Waals surface area contributed by atoms with E-state index in [4.69, 9.17) is 0 Å². The minimum Gasteiger partial charge on any atom is -0.391 e. The van der Waals surface area contributed by atoms with Crippen LogP contribution in [0.2, 0.25) is 0 Å². The van der Waals surface area contributed by atoms with Crippen molar-refractivity contribution in [2.75, 3.05) is 6.54 Å². The summed E-state index contributed by atoms with van der Waals surface area (Å²) in [4.78, 5) is 16.1. The van der Waals surface area contributed by atoms with Gasteiger partial charge in [0.15, 0.2) is 5.82 Å². The fourth-order valence-corrected chi connectivity index (χ4v) is 1.78. The fourth-order valence-electron chi connectivity index (χ4n) is 1.78. The number of nitrogens with zero attached hydrogens (tertiary/aromatic N) is 3. The summed E-state index contributed by atoms with van der Waals surface area (Å²) in [6, 6.07) is 7.07. The first kappa shape index (κ1) is 15.2. The van der Waals surface area contributed by atoms with Crippen LogP contribution in [0.3, 0.4) is 0 Å². The molecule has 0 radical (unpaired) electrons. The van der Waals surface area contributed by atoms with Gasteiger partial charge < -0.3 is 10.4 Å². The van der Waals surface area contributed by atoms with Gasteiger partial charge in [-0.2, -0.15) is 5.10 Å². The van der Waals surface area contributed by atoms with E-state index in [1.807, 2.05) is 26.0 Å². The first-order valence-corrected chi connectivity index (χ1v) is 6.89. The van der Waals surface area contributed by atoms with E-state index in [-0.39, 0.29) is 18.4 Å². The molecule has 1 amide bonds. The summed E-state index contributed by atoms with van der Waals surface area (Å²) in [5.41, 5.74) is 1.40. The molecule has 1 aromatic carbocycles. The van der Waals surface area contributed by atoms with Crippen molar-refractivity contribution in [3.05, 3.63) is 36.2 Å². The van der Waals surface area contributed by atoms with Crippen LogP contribution in [0.25, 0.3) is 11.4 Å². The SMILES string of the molecule is CC(C)C(O)CNC(=O)c1ccc(-c2ncn(C)n2)cc1. The smallest absolute Gasteiger partial charge is 0.251 e. The molecule has 0 bridgehead atoms. The average Bonchev–Trinajstić information content (AvgIpc) is 2.91. The molecular weight excluding hydrogens is 268 g/mol. The van der Waals surface area contributed by atoms with Gasteiger partial charge >= 0.3 is 0 Å². The zero-order valence-corrected chi connectivity index (χ0v) is 12.4. The Morgan fingerprint density at radius 1 is 1.33 bits per heavy atom. The van der Waals surface area contributed by atoms with Crippen molar-refractivity contribution in [2.45, 2.75) is 20.0 Å². The Morgan fingerprint density at radius 2 is 2.00 bits per heavy atom. The summed E-state index contributed by atoms with van der Waals surface area (Å²) in [6.45, 7) is 4.07. The number of aromatic nitrogens is 3. The number of hydrogen-bond acceptors (Lipinski definition) is 4. The lowest BCUT2D eigenvalue weighted by atomic mass is 10.1. The van der Waals surface area contributed by atoms with Crippen LogP contribution >= 0.6 is 0 Å². The molecule has 6 nitrogen and oxygen atoms in total. The van der Waals surface area contributed by atoms with Crippen LogP contribution < -0.4 is 5.32 Å². The molecule has 112 valence electrons. The maximum atomic E-state index is 12.0. The van der Waals surface area contributed by atoms with E-state index >= 15 is 0 Å². The first-order chi connectivity index (χ1) is 9.97. The minimum absolute atomic E-state index is 0.114. The molecule has 1 heterocycles. The van der Waals surface area contributed by atoms with Crippen LogP contribution in [-0.2, 0) is 7.05 Å². The summed E-state index contributed by atoms with van der Waals surface area (Å²) < 4.78 is 1.63. The molecule has 0 aliphatic carbocycles. The molecule has 2 aromatic rings. The molecule has 0 saturated heterocycles. The lowest BCUT2D eigenvalue weighted by Crippen LogP contribution is -2.34. The largest absolute Gasteiger partial charge is 0.391 e. The van der Waals surface area contributed by atoms with Gasteiger partial charge in [0.1, 0.15) is 6.33 Å². The molecule has 0 aliphatic heterocycles. The highest BCUT2D eigenvalue weighted by atomic mass is 16.3. The normalized spacial score (nSPS) is 12.4. The molecule has 1 unspecified atom stereocenters. The zero-order chi connectivity index (χ0) is 15.4. The minimum atomic E-state index is -0.536. The highest BCUT2D eigenvalue weighted by molar-refractivity contribution is 5.94. The van der Waals surface area contributed by atoms with E-state index in [0.717, 1.165) is 5.56 Å². The molecule has 2 N–H and O–H groups in total. The number of nitrogens with one attached hydrogen (secondary N) is 1. The predicted octanol–water partition coefficient (Wildman–Crippen LogP) is 1.23. The van der Waals surface area contributed by atoms with Crippen LogP contribution in [0.5, 0.6) is 0 Å². The number of carbonyl (C=O) groups is 1. The van der Waals surface area contributed by atoms with E-state index in [1.165, 1.54) is 0 Å². The second kappa shape index (κ2) is 6.49. The highest BCUT2D eigenvalue weighted by Crippen LogP contribution is 2.15.